The van der Waals surface area contributed by atoms with Crippen LogP contribution < -0.4 is 0 Å². The van der Waals surface area contributed by atoms with Crippen molar-refractivity contribution in [3.8, 4) is 22.3 Å². The van der Waals surface area contributed by atoms with Crippen LogP contribution >= 0.6 is 0 Å². The summed E-state index contributed by atoms with van der Waals surface area (Å²) in [6.07, 6.45) is 0. The number of fused-ring (bicyclic) bond motifs is 3. The van der Waals surface area contributed by atoms with E-state index in [1.165, 1.54) is 54.9 Å². The summed E-state index contributed by atoms with van der Waals surface area (Å²) >= 11 is 0. The Balaban J connectivity index is 2.10. The summed E-state index contributed by atoms with van der Waals surface area (Å²) < 4.78 is 0. The molecule has 5 rings (SSSR count). The average molecular weight is 358 g/mol. The highest BCUT2D eigenvalue weighted by Gasteiger charge is 2.18. The highest BCUT2D eigenvalue weighted by molar-refractivity contribution is 6.22. The van der Waals surface area contributed by atoms with Gasteiger partial charge in [0.1, 0.15) is 0 Å². The highest BCUT2D eigenvalue weighted by Crippen LogP contribution is 2.45. The van der Waals surface area contributed by atoms with E-state index >= 15 is 0 Å². The Labute approximate surface area is 166 Å². The first-order valence-electron chi connectivity index (χ1n) is 9.80. The summed E-state index contributed by atoms with van der Waals surface area (Å²) in [6.45, 7) is 4.43. The summed E-state index contributed by atoms with van der Waals surface area (Å²) in [6, 6.07) is 35.1. The van der Waals surface area contributed by atoms with Crippen LogP contribution in [0.15, 0.2) is 97.1 Å². The maximum Gasteiger partial charge on any atom is -0.00177 e. The Hall–Kier alpha value is -3.38. The van der Waals surface area contributed by atoms with Gasteiger partial charge in [-0.25, -0.2) is 0 Å². The second kappa shape index (κ2) is 6.65. The molecule has 0 N–H and O–H groups in total. The molecule has 0 aromatic heterocycles. The lowest BCUT2D eigenvalue weighted by atomic mass is 9.83. The SMILES string of the molecule is Cc1cc(C)c2c(-c3ccccc3)c(-c3ccccc3)c3ccccc3c2c1. The summed E-state index contributed by atoms with van der Waals surface area (Å²) in [4.78, 5) is 0. The third-order valence-corrected chi connectivity index (χ3v) is 5.59. The van der Waals surface area contributed by atoms with Crippen molar-refractivity contribution in [2.75, 3.05) is 0 Å². The Morgan fingerprint density at radius 3 is 1.64 bits per heavy atom. The molecule has 0 amide bonds. The average Bonchev–Trinajstić information content (AvgIpc) is 2.74. The molecule has 0 fully saturated rings. The van der Waals surface area contributed by atoms with E-state index in [0.717, 1.165) is 0 Å². The molecule has 5 aromatic carbocycles. The molecule has 0 nitrogen and oxygen atoms in total. The fraction of sp³-hybridized carbons (Fsp3) is 0.0714. The van der Waals surface area contributed by atoms with Gasteiger partial charge in [0, 0.05) is 0 Å². The summed E-state index contributed by atoms with van der Waals surface area (Å²) in [7, 11) is 0. The zero-order valence-electron chi connectivity index (χ0n) is 16.2. The van der Waals surface area contributed by atoms with E-state index in [9.17, 15) is 0 Å². The number of aryl methyl sites for hydroxylation is 2. The maximum atomic E-state index is 2.34. The molecule has 0 unspecified atom stereocenters. The Bertz CT molecular complexity index is 1300. The zero-order valence-corrected chi connectivity index (χ0v) is 16.2. The molecular formula is C28H22. The van der Waals surface area contributed by atoms with Gasteiger partial charge in [0.25, 0.3) is 0 Å². The molecule has 0 aliphatic rings. The van der Waals surface area contributed by atoms with Gasteiger partial charge in [-0.05, 0) is 63.2 Å². The second-order valence-corrected chi connectivity index (χ2v) is 7.53. The first kappa shape index (κ1) is 16.8. The third kappa shape index (κ3) is 2.61. The molecule has 0 aliphatic heterocycles. The first-order valence-corrected chi connectivity index (χ1v) is 9.80. The number of benzene rings is 5. The molecule has 0 aliphatic carbocycles. The summed E-state index contributed by atoms with van der Waals surface area (Å²) in [5.41, 5.74) is 7.82. The molecule has 0 saturated carbocycles. The van der Waals surface area contributed by atoms with Gasteiger partial charge in [-0.2, -0.15) is 0 Å². The smallest absolute Gasteiger partial charge is 0.00177 e. The number of hydrogen-bond donors (Lipinski definition) is 0. The number of rotatable bonds is 2. The van der Waals surface area contributed by atoms with Crippen LogP contribution in [0, 0.1) is 13.8 Å². The Morgan fingerprint density at radius 2 is 1.00 bits per heavy atom. The van der Waals surface area contributed by atoms with Crippen molar-refractivity contribution >= 4 is 21.5 Å². The maximum absolute atomic E-state index is 2.34. The van der Waals surface area contributed by atoms with Gasteiger partial charge < -0.3 is 0 Å². The third-order valence-electron chi connectivity index (χ3n) is 5.59. The molecular weight excluding hydrogens is 336 g/mol. The van der Waals surface area contributed by atoms with E-state index in [1.807, 2.05) is 0 Å². The van der Waals surface area contributed by atoms with E-state index in [-0.39, 0.29) is 0 Å². The summed E-state index contributed by atoms with van der Waals surface area (Å²) in [5.74, 6) is 0. The highest BCUT2D eigenvalue weighted by atomic mass is 14.2. The fourth-order valence-corrected chi connectivity index (χ4v) is 4.51. The van der Waals surface area contributed by atoms with E-state index in [4.69, 9.17) is 0 Å². The molecule has 28 heavy (non-hydrogen) atoms. The van der Waals surface area contributed by atoms with Gasteiger partial charge in [-0.15, -0.1) is 0 Å². The second-order valence-electron chi connectivity index (χ2n) is 7.53. The predicted octanol–water partition coefficient (Wildman–Crippen LogP) is 7.94. The Kier molecular flexibility index (Phi) is 3.98. The van der Waals surface area contributed by atoms with Gasteiger partial charge in [0.2, 0.25) is 0 Å². The van der Waals surface area contributed by atoms with Crippen molar-refractivity contribution in [3.05, 3.63) is 108 Å². The van der Waals surface area contributed by atoms with Crippen molar-refractivity contribution in [2.45, 2.75) is 13.8 Å². The van der Waals surface area contributed by atoms with Crippen molar-refractivity contribution in [1.82, 2.24) is 0 Å². The van der Waals surface area contributed by atoms with Crippen molar-refractivity contribution in [3.63, 3.8) is 0 Å². The molecule has 0 spiro atoms. The lowest BCUT2D eigenvalue weighted by molar-refractivity contribution is 1.43. The topological polar surface area (TPSA) is 0 Å². The van der Waals surface area contributed by atoms with Gasteiger partial charge in [-0.3, -0.25) is 0 Å². The van der Waals surface area contributed by atoms with E-state index < -0.39 is 0 Å². The molecule has 134 valence electrons. The number of hydrogen-bond acceptors (Lipinski definition) is 0. The molecule has 5 aromatic rings. The minimum Gasteiger partial charge on any atom is -0.0622 e. The van der Waals surface area contributed by atoms with Crippen LogP contribution in [-0.4, -0.2) is 0 Å². The van der Waals surface area contributed by atoms with Crippen LogP contribution in [-0.2, 0) is 0 Å². The monoisotopic (exact) mass is 358 g/mol. The van der Waals surface area contributed by atoms with Crippen molar-refractivity contribution < 1.29 is 0 Å². The summed E-state index contributed by atoms with van der Waals surface area (Å²) in [5, 5.41) is 5.33. The van der Waals surface area contributed by atoms with Crippen LogP contribution in [0.1, 0.15) is 11.1 Å². The van der Waals surface area contributed by atoms with E-state index in [2.05, 4.69) is 111 Å². The van der Waals surface area contributed by atoms with Crippen LogP contribution in [0.2, 0.25) is 0 Å². The lowest BCUT2D eigenvalue weighted by Crippen LogP contribution is -1.94. The predicted molar refractivity (Wildman–Crippen MR) is 122 cm³/mol. The molecule has 0 heterocycles. The van der Waals surface area contributed by atoms with E-state index in [1.54, 1.807) is 0 Å². The van der Waals surface area contributed by atoms with Crippen molar-refractivity contribution in [1.29, 1.82) is 0 Å². The minimum absolute atomic E-state index is 1.26. The van der Waals surface area contributed by atoms with Crippen molar-refractivity contribution in [2.24, 2.45) is 0 Å². The largest absolute Gasteiger partial charge is 0.0622 e. The molecule has 0 radical (unpaired) electrons. The lowest BCUT2D eigenvalue weighted by Gasteiger charge is -2.20. The first-order chi connectivity index (χ1) is 13.7. The minimum atomic E-state index is 1.26. The van der Waals surface area contributed by atoms with Gasteiger partial charge >= 0.3 is 0 Å². The van der Waals surface area contributed by atoms with Gasteiger partial charge in [0.15, 0.2) is 0 Å². The standard InChI is InChI=1S/C28H22/c1-19-17-20(2)26-25(18-19)23-15-9-10-16-24(23)27(21-11-5-3-6-12-21)28(26)22-13-7-4-8-14-22/h3-18H,1-2H3. The molecule has 0 heteroatoms. The van der Waals surface area contributed by atoms with Crippen LogP contribution in [0.3, 0.4) is 0 Å². The molecule has 0 saturated heterocycles. The van der Waals surface area contributed by atoms with Crippen LogP contribution in [0.25, 0.3) is 43.8 Å². The van der Waals surface area contributed by atoms with Gasteiger partial charge in [-0.1, -0.05) is 103 Å². The normalized spacial score (nSPS) is 11.2. The fourth-order valence-electron chi connectivity index (χ4n) is 4.51. The van der Waals surface area contributed by atoms with Crippen LogP contribution in [0.5, 0.6) is 0 Å². The van der Waals surface area contributed by atoms with Crippen LogP contribution in [0.4, 0.5) is 0 Å². The molecule has 0 bridgehead atoms. The molecule has 0 atom stereocenters. The Morgan fingerprint density at radius 1 is 0.464 bits per heavy atom. The van der Waals surface area contributed by atoms with E-state index in [0.29, 0.717) is 0 Å². The zero-order chi connectivity index (χ0) is 19.1. The van der Waals surface area contributed by atoms with Gasteiger partial charge in [0.05, 0.1) is 0 Å². The quantitative estimate of drug-likeness (QED) is 0.281.